The summed E-state index contributed by atoms with van der Waals surface area (Å²) in [4.78, 5) is 0. The van der Waals surface area contributed by atoms with Crippen molar-refractivity contribution in [3.63, 3.8) is 0 Å². The van der Waals surface area contributed by atoms with Crippen LogP contribution in [0.15, 0.2) is 0 Å². The molecule has 1 unspecified atom stereocenters. The second-order valence-electron chi connectivity index (χ2n) is 3.64. The summed E-state index contributed by atoms with van der Waals surface area (Å²) < 4.78 is 22.7. The number of sulfone groups is 1. The highest BCUT2D eigenvalue weighted by Crippen LogP contribution is 2.18. The summed E-state index contributed by atoms with van der Waals surface area (Å²) in [6.07, 6.45) is 1.13. The zero-order valence-corrected chi connectivity index (χ0v) is 8.68. The van der Waals surface area contributed by atoms with Gasteiger partial charge >= 0.3 is 0 Å². The molecule has 0 spiro atoms. The Bertz CT molecular complexity index is 248. The minimum atomic E-state index is -2.83. The first kappa shape index (κ1) is 10.9. The van der Waals surface area contributed by atoms with E-state index in [2.05, 4.69) is 5.32 Å². The first-order valence-electron chi connectivity index (χ1n) is 4.63. The molecule has 78 valence electrons. The first-order chi connectivity index (χ1) is 6.02. The van der Waals surface area contributed by atoms with Crippen LogP contribution in [-0.2, 0) is 9.84 Å². The topological polar surface area (TPSA) is 66.4 Å². The van der Waals surface area contributed by atoms with E-state index in [1.165, 1.54) is 0 Å². The Morgan fingerprint density at radius 3 is 2.77 bits per heavy atom. The van der Waals surface area contributed by atoms with Gasteiger partial charge in [-0.05, 0) is 19.8 Å². The number of aliphatic hydroxyl groups excluding tert-OH is 1. The van der Waals surface area contributed by atoms with Gasteiger partial charge in [-0.25, -0.2) is 8.42 Å². The molecule has 0 bridgehead atoms. The van der Waals surface area contributed by atoms with Crippen LogP contribution in [0.5, 0.6) is 0 Å². The Labute approximate surface area is 79.3 Å². The average Bonchev–Trinajstić information content (AvgIpc) is 2.30. The minimum absolute atomic E-state index is 0.230. The maximum atomic E-state index is 11.3. The molecule has 1 aliphatic heterocycles. The third-order valence-electron chi connectivity index (χ3n) is 2.27. The fourth-order valence-electron chi connectivity index (χ4n) is 1.54. The van der Waals surface area contributed by atoms with E-state index in [9.17, 15) is 8.42 Å². The van der Waals surface area contributed by atoms with E-state index in [4.69, 9.17) is 5.11 Å². The quantitative estimate of drug-likeness (QED) is 0.654. The molecule has 0 radical (unpaired) electrons. The number of hydrogen-bond donors (Lipinski definition) is 2. The molecule has 0 aromatic carbocycles. The van der Waals surface area contributed by atoms with Gasteiger partial charge in [0.25, 0.3) is 0 Å². The predicted molar refractivity (Wildman–Crippen MR) is 51.4 cm³/mol. The van der Waals surface area contributed by atoms with Crippen LogP contribution in [-0.4, -0.2) is 43.7 Å². The summed E-state index contributed by atoms with van der Waals surface area (Å²) in [5, 5.41) is 11.7. The minimum Gasteiger partial charge on any atom is -0.392 e. The van der Waals surface area contributed by atoms with Crippen molar-refractivity contribution in [2.75, 3.05) is 18.8 Å². The Hall–Kier alpha value is -0.130. The predicted octanol–water partition coefficient (Wildman–Crippen LogP) is -0.466. The molecule has 1 aliphatic rings. The van der Waals surface area contributed by atoms with Gasteiger partial charge < -0.3 is 10.4 Å². The normalized spacial score (nSPS) is 28.9. The molecular weight excluding hydrogens is 190 g/mol. The fourth-order valence-corrected chi connectivity index (χ4v) is 3.34. The third-order valence-corrected chi connectivity index (χ3v) is 4.55. The van der Waals surface area contributed by atoms with Gasteiger partial charge in [0.1, 0.15) is 0 Å². The number of rotatable bonds is 4. The van der Waals surface area contributed by atoms with Crippen LogP contribution in [0.1, 0.15) is 19.8 Å². The molecule has 5 heteroatoms. The number of nitrogens with one attached hydrogen (secondary N) is 1. The van der Waals surface area contributed by atoms with Gasteiger partial charge in [0.2, 0.25) is 0 Å². The van der Waals surface area contributed by atoms with E-state index in [0.717, 1.165) is 12.8 Å². The Kier molecular flexibility index (Phi) is 3.70. The maximum Gasteiger partial charge on any atom is 0.154 e. The molecule has 0 aromatic rings. The van der Waals surface area contributed by atoms with Crippen molar-refractivity contribution >= 4 is 9.84 Å². The highest BCUT2D eigenvalue weighted by atomic mass is 32.2. The highest BCUT2D eigenvalue weighted by molar-refractivity contribution is 7.92. The van der Waals surface area contributed by atoms with Gasteiger partial charge in [-0.3, -0.25) is 0 Å². The second kappa shape index (κ2) is 4.39. The highest BCUT2D eigenvalue weighted by Gasteiger charge is 2.30. The van der Waals surface area contributed by atoms with Crippen molar-refractivity contribution in [1.82, 2.24) is 5.32 Å². The van der Waals surface area contributed by atoms with Crippen LogP contribution < -0.4 is 5.32 Å². The Morgan fingerprint density at radius 1 is 1.62 bits per heavy atom. The SMILES string of the molecule is C[C@H](O)CNCC1CCCS1(=O)=O. The first-order valence-corrected chi connectivity index (χ1v) is 6.34. The van der Waals surface area contributed by atoms with Crippen LogP contribution in [0.25, 0.3) is 0 Å². The summed E-state index contributed by atoms with van der Waals surface area (Å²) in [5.41, 5.74) is 0. The molecule has 2 atom stereocenters. The van der Waals surface area contributed by atoms with Crippen molar-refractivity contribution in [2.45, 2.75) is 31.1 Å². The van der Waals surface area contributed by atoms with E-state index in [-0.39, 0.29) is 5.25 Å². The van der Waals surface area contributed by atoms with Crippen molar-refractivity contribution in [2.24, 2.45) is 0 Å². The lowest BCUT2D eigenvalue weighted by molar-refractivity contribution is 0.191. The van der Waals surface area contributed by atoms with E-state index in [1.807, 2.05) is 0 Å². The third kappa shape index (κ3) is 3.25. The Morgan fingerprint density at radius 2 is 2.31 bits per heavy atom. The molecule has 0 aliphatic carbocycles. The monoisotopic (exact) mass is 207 g/mol. The van der Waals surface area contributed by atoms with Crippen molar-refractivity contribution in [3.05, 3.63) is 0 Å². The largest absolute Gasteiger partial charge is 0.392 e. The van der Waals surface area contributed by atoms with Gasteiger partial charge in [0, 0.05) is 13.1 Å². The molecule has 13 heavy (non-hydrogen) atoms. The molecule has 1 rings (SSSR count). The summed E-state index contributed by atoms with van der Waals surface area (Å²) in [7, 11) is -2.83. The van der Waals surface area contributed by atoms with Gasteiger partial charge in [-0.15, -0.1) is 0 Å². The lowest BCUT2D eigenvalue weighted by Gasteiger charge is -2.11. The van der Waals surface area contributed by atoms with Crippen LogP contribution in [0, 0.1) is 0 Å². The average molecular weight is 207 g/mol. The zero-order chi connectivity index (χ0) is 9.90. The van der Waals surface area contributed by atoms with Crippen LogP contribution in [0.4, 0.5) is 0 Å². The van der Waals surface area contributed by atoms with E-state index < -0.39 is 15.9 Å². The molecule has 4 nitrogen and oxygen atoms in total. The molecule has 0 saturated carbocycles. The summed E-state index contributed by atoms with van der Waals surface area (Å²) in [5.74, 6) is 0.327. The lowest BCUT2D eigenvalue weighted by Crippen LogP contribution is -2.34. The fraction of sp³-hybridized carbons (Fsp3) is 1.00. The smallest absolute Gasteiger partial charge is 0.154 e. The van der Waals surface area contributed by atoms with E-state index in [0.29, 0.717) is 18.8 Å². The van der Waals surface area contributed by atoms with Crippen LogP contribution in [0.2, 0.25) is 0 Å². The van der Waals surface area contributed by atoms with Gasteiger partial charge in [0.05, 0.1) is 17.1 Å². The van der Waals surface area contributed by atoms with Crippen molar-refractivity contribution < 1.29 is 13.5 Å². The maximum absolute atomic E-state index is 11.3. The van der Waals surface area contributed by atoms with Crippen molar-refractivity contribution in [1.29, 1.82) is 0 Å². The number of hydrogen-bond acceptors (Lipinski definition) is 4. The van der Waals surface area contributed by atoms with Gasteiger partial charge in [-0.2, -0.15) is 0 Å². The molecule has 0 amide bonds. The molecule has 0 aromatic heterocycles. The molecule has 2 N–H and O–H groups in total. The standard InChI is InChI=1S/C8H17NO3S/c1-7(10)5-9-6-8-3-2-4-13(8,11)12/h7-10H,2-6H2,1H3/t7-,8?/m0/s1. The number of aliphatic hydroxyl groups is 1. The van der Waals surface area contributed by atoms with Crippen LogP contribution in [0.3, 0.4) is 0 Å². The van der Waals surface area contributed by atoms with E-state index >= 15 is 0 Å². The molecule has 1 heterocycles. The molecular formula is C8H17NO3S. The van der Waals surface area contributed by atoms with Gasteiger partial charge in [-0.1, -0.05) is 0 Å². The van der Waals surface area contributed by atoms with Gasteiger partial charge in [0.15, 0.2) is 9.84 Å². The zero-order valence-electron chi connectivity index (χ0n) is 7.86. The molecule has 1 saturated heterocycles. The lowest BCUT2D eigenvalue weighted by atomic mass is 10.2. The Balaban J connectivity index is 2.29. The summed E-state index contributed by atoms with van der Waals surface area (Å²) >= 11 is 0. The molecule has 1 fully saturated rings. The van der Waals surface area contributed by atoms with Crippen LogP contribution >= 0.6 is 0 Å². The second-order valence-corrected chi connectivity index (χ2v) is 6.04. The van der Waals surface area contributed by atoms with E-state index in [1.54, 1.807) is 6.92 Å². The summed E-state index contributed by atoms with van der Waals surface area (Å²) in [6.45, 7) is 2.62. The van der Waals surface area contributed by atoms with Crippen molar-refractivity contribution in [3.8, 4) is 0 Å². The summed E-state index contributed by atoms with van der Waals surface area (Å²) in [6, 6.07) is 0.